The maximum Gasteiger partial charge on any atom is 0.341 e. The summed E-state index contributed by atoms with van der Waals surface area (Å²) in [5.74, 6) is -1.06. The summed E-state index contributed by atoms with van der Waals surface area (Å²) in [5, 5.41) is 18.5. The molecular formula is C10H8N2O3S. The highest BCUT2D eigenvalue weighted by Gasteiger charge is 2.15. The number of ether oxygens (including phenoxy) is 1. The molecule has 0 spiro atoms. The van der Waals surface area contributed by atoms with Gasteiger partial charge in [-0.2, -0.15) is 0 Å². The third kappa shape index (κ3) is 1.87. The second-order valence-electron chi connectivity index (χ2n) is 2.93. The third-order valence-electron chi connectivity index (χ3n) is 1.96. The molecule has 2 heterocycles. The van der Waals surface area contributed by atoms with Crippen LogP contribution in [0.4, 0.5) is 0 Å². The van der Waals surface area contributed by atoms with E-state index in [1.54, 1.807) is 0 Å². The van der Waals surface area contributed by atoms with Crippen molar-refractivity contribution in [3.05, 3.63) is 29.1 Å². The fraction of sp³-hybridized carbons (Fsp3) is 0.100. The number of carboxylic acids is 1. The number of aromatic nitrogens is 2. The Hall–Kier alpha value is -1.95. The quantitative estimate of drug-likeness (QED) is 0.881. The lowest BCUT2D eigenvalue weighted by Crippen LogP contribution is -2.04. The summed E-state index contributed by atoms with van der Waals surface area (Å²) in [6, 6.07) is 5.18. The lowest BCUT2D eigenvalue weighted by molar-refractivity contribution is 0.0692. The van der Waals surface area contributed by atoms with Gasteiger partial charge in [-0.15, -0.1) is 21.5 Å². The van der Waals surface area contributed by atoms with Gasteiger partial charge in [0.1, 0.15) is 11.3 Å². The topological polar surface area (TPSA) is 72.3 Å². The van der Waals surface area contributed by atoms with Crippen LogP contribution in [0.5, 0.6) is 5.88 Å². The molecule has 16 heavy (non-hydrogen) atoms. The Kier molecular flexibility index (Phi) is 2.82. The van der Waals surface area contributed by atoms with Crippen molar-refractivity contribution in [3.8, 4) is 16.5 Å². The highest BCUT2D eigenvalue weighted by Crippen LogP contribution is 2.25. The molecular weight excluding hydrogens is 228 g/mol. The average Bonchev–Trinajstić information content (AvgIpc) is 2.81. The monoisotopic (exact) mass is 236 g/mol. The van der Waals surface area contributed by atoms with E-state index in [4.69, 9.17) is 9.84 Å². The predicted octanol–water partition coefficient (Wildman–Crippen LogP) is 1.91. The van der Waals surface area contributed by atoms with E-state index in [1.165, 1.54) is 24.5 Å². The molecule has 0 atom stereocenters. The van der Waals surface area contributed by atoms with E-state index in [0.717, 1.165) is 4.88 Å². The number of aromatic carboxylic acids is 1. The number of nitrogens with zero attached hydrogens (tertiary/aromatic N) is 2. The molecule has 0 saturated heterocycles. The lowest BCUT2D eigenvalue weighted by atomic mass is 10.2. The first kappa shape index (κ1) is 10.6. The van der Waals surface area contributed by atoms with Crippen LogP contribution in [0.1, 0.15) is 10.4 Å². The van der Waals surface area contributed by atoms with Crippen LogP contribution < -0.4 is 4.74 Å². The number of hydrogen-bond acceptors (Lipinski definition) is 5. The molecule has 2 aromatic rings. The Balaban J connectivity index is 2.51. The highest BCUT2D eigenvalue weighted by molar-refractivity contribution is 7.13. The van der Waals surface area contributed by atoms with Crippen LogP contribution in [0.25, 0.3) is 10.6 Å². The van der Waals surface area contributed by atoms with Gasteiger partial charge in [-0.05, 0) is 17.5 Å². The Morgan fingerprint density at radius 1 is 1.50 bits per heavy atom. The van der Waals surface area contributed by atoms with E-state index >= 15 is 0 Å². The minimum atomic E-state index is -1.08. The van der Waals surface area contributed by atoms with Crippen LogP contribution in [0.15, 0.2) is 23.6 Å². The number of rotatable bonds is 3. The lowest BCUT2D eigenvalue weighted by Gasteiger charge is -2.03. The van der Waals surface area contributed by atoms with E-state index in [9.17, 15) is 4.79 Å². The largest absolute Gasteiger partial charge is 0.479 e. The smallest absolute Gasteiger partial charge is 0.341 e. The molecule has 0 fully saturated rings. The molecule has 6 heteroatoms. The fourth-order valence-electron chi connectivity index (χ4n) is 1.23. The minimum Gasteiger partial charge on any atom is -0.479 e. The van der Waals surface area contributed by atoms with Crippen molar-refractivity contribution in [2.24, 2.45) is 0 Å². The SMILES string of the molecule is COc1nnc(-c2cccs2)cc1C(=O)O. The zero-order valence-electron chi connectivity index (χ0n) is 8.38. The first-order valence-corrected chi connectivity index (χ1v) is 5.29. The molecule has 0 aromatic carbocycles. The molecule has 0 bridgehead atoms. The van der Waals surface area contributed by atoms with Crippen LogP contribution in [0.3, 0.4) is 0 Å². The van der Waals surface area contributed by atoms with E-state index in [1.807, 2.05) is 17.5 Å². The second-order valence-corrected chi connectivity index (χ2v) is 3.88. The number of carboxylic acid groups (broad SMARTS) is 1. The molecule has 0 aliphatic heterocycles. The first-order valence-electron chi connectivity index (χ1n) is 4.41. The zero-order chi connectivity index (χ0) is 11.5. The van der Waals surface area contributed by atoms with Gasteiger partial charge in [-0.3, -0.25) is 0 Å². The summed E-state index contributed by atoms with van der Waals surface area (Å²) >= 11 is 1.47. The van der Waals surface area contributed by atoms with E-state index < -0.39 is 5.97 Å². The van der Waals surface area contributed by atoms with E-state index in [0.29, 0.717) is 5.69 Å². The number of methoxy groups -OCH3 is 1. The van der Waals surface area contributed by atoms with Gasteiger partial charge >= 0.3 is 5.97 Å². The van der Waals surface area contributed by atoms with Crippen LogP contribution in [0, 0.1) is 0 Å². The van der Waals surface area contributed by atoms with E-state index in [-0.39, 0.29) is 11.4 Å². The van der Waals surface area contributed by atoms with Crippen molar-refractivity contribution in [3.63, 3.8) is 0 Å². The minimum absolute atomic E-state index is 0.0147. The van der Waals surface area contributed by atoms with Gasteiger partial charge in [0.2, 0.25) is 5.88 Å². The zero-order valence-corrected chi connectivity index (χ0v) is 9.19. The van der Waals surface area contributed by atoms with Crippen molar-refractivity contribution < 1.29 is 14.6 Å². The molecule has 0 unspecified atom stereocenters. The van der Waals surface area contributed by atoms with Crippen molar-refractivity contribution in [2.75, 3.05) is 7.11 Å². The molecule has 0 aliphatic carbocycles. The van der Waals surface area contributed by atoms with Crippen LogP contribution in [-0.2, 0) is 0 Å². The molecule has 0 saturated carbocycles. The van der Waals surface area contributed by atoms with Gasteiger partial charge in [0, 0.05) is 0 Å². The number of thiophene rings is 1. The molecule has 5 nitrogen and oxygen atoms in total. The maximum atomic E-state index is 11.0. The van der Waals surface area contributed by atoms with Crippen molar-refractivity contribution >= 4 is 17.3 Å². The Morgan fingerprint density at radius 3 is 2.88 bits per heavy atom. The van der Waals surface area contributed by atoms with Gasteiger partial charge in [-0.25, -0.2) is 4.79 Å². The van der Waals surface area contributed by atoms with Crippen LogP contribution in [0.2, 0.25) is 0 Å². The molecule has 1 N–H and O–H groups in total. The molecule has 82 valence electrons. The Morgan fingerprint density at radius 2 is 2.31 bits per heavy atom. The normalized spacial score (nSPS) is 10.1. The van der Waals surface area contributed by atoms with Gasteiger partial charge in [-0.1, -0.05) is 6.07 Å². The summed E-state index contributed by atoms with van der Waals surface area (Å²) in [6.07, 6.45) is 0. The molecule has 0 aliphatic rings. The molecule has 2 rings (SSSR count). The summed E-state index contributed by atoms with van der Waals surface area (Å²) in [7, 11) is 1.36. The summed E-state index contributed by atoms with van der Waals surface area (Å²) in [4.78, 5) is 11.8. The number of hydrogen-bond donors (Lipinski definition) is 1. The van der Waals surface area contributed by atoms with E-state index in [2.05, 4.69) is 10.2 Å². The molecule has 0 amide bonds. The Bertz CT molecular complexity index is 511. The van der Waals surface area contributed by atoms with Gasteiger partial charge in [0.15, 0.2) is 0 Å². The van der Waals surface area contributed by atoms with Crippen molar-refractivity contribution in [1.29, 1.82) is 0 Å². The van der Waals surface area contributed by atoms with Crippen molar-refractivity contribution in [2.45, 2.75) is 0 Å². The summed E-state index contributed by atoms with van der Waals surface area (Å²) in [6.45, 7) is 0. The summed E-state index contributed by atoms with van der Waals surface area (Å²) in [5.41, 5.74) is 0.550. The predicted molar refractivity (Wildman–Crippen MR) is 58.9 cm³/mol. The summed E-state index contributed by atoms with van der Waals surface area (Å²) < 4.78 is 4.83. The van der Waals surface area contributed by atoms with Gasteiger partial charge in [0.05, 0.1) is 12.0 Å². The van der Waals surface area contributed by atoms with Gasteiger partial charge in [0.25, 0.3) is 0 Å². The van der Waals surface area contributed by atoms with Crippen LogP contribution in [-0.4, -0.2) is 28.4 Å². The first-order chi connectivity index (χ1) is 7.72. The molecule has 0 radical (unpaired) electrons. The second kappa shape index (κ2) is 4.28. The van der Waals surface area contributed by atoms with Crippen LogP contribution >= 0.6 is 11.3 Å². The molecule has 2 aromatic heterocycles. The standard InChI is InChI=1S/C10H8N2O3S/c1-15-9-6(10(13)14)5-7(11-12-9)8-3-2-4-16-8/h2-5H,1H3,(H,13,14). The van der Waals surface area contributed by atoms with Gasteiger partial charge < -0.3 is 9.84 Å². The van der Waals surface area contributed by atoms with Crippen molar-refractivity contribution in [1.82, 2.24) is 10.2 Å². The maximum absolute atomic E-state index is 11.0. The average molecular weight is 236 g/mol. The fourth-order valence-corrected chi connectivity index (χ4v) is 1.91. The highest BCUT2D eigenvalue weighted by atomic mass is 32.1. The third-order valence-corrected chi connectivity index (χ3v) is 2.85. The number of carbonyl (C=O) groups is 1. The Labute approximate surface area is 95.3 Å².